The van der Waals surface area contributed by atoms with Gasteiger partial charge < -0.3 is 0 Å². The topological polar surface area (TPSA) is 12.9 Å². The van der Waals surface area contributed by atoms with E-state index in [9.17, 15) is 0 Å². The van der Waals surface area contributed by atoms with Gasteiger partial charge in [-0.2, -0.15) is 0 Å². The molecule has 5 rings (SSSR count). The van der Waals surface area contributed by atoms with Gasteiger partial charge in [0.1, 0.15) is 0 Å². The van der Waals surface area contributed by atoms with Crippen molar-refractivity contribution >= 4 is 15.9 Å². The summed E-state index contributed by atoms with van der Waals surface area (Å²) in [4.78, 5) is 5.00. The SMILES string of the molecule is CC(C)(C)c1ccnc(C2(c3cccc(Br)c3)c3ccccc3-c3ccccc32)c1. The minimum Gasteiger partial charge on any atom is -0.260 e. The summed E-state index contributed by atoms with van der Waals surface area (Å²) in [5, 5.41) is 0. The molecule has 3 aromatic carbocycles. The summed E-state index contributed by atoms with van der Waals surface area (Å²) in [7, 11) is 0. The van der Waals surface area contributed by atoms with Crippen LogP contribution in [0.4, 0.5) is 0 Å². The van der Waals surface area contributed by atoms with Crippen molar-refractivity contribution in [1.82, 2.24) is 4.98 Å². The van der Waals surface area contributed by atoms with Gasteiger partial charge in [-0.15, -0.1) is 0 Å². The first-order chi connectivity index (χ1) is 14.4. The summed E-state index contributed by atoms with van der Waals surface area (Å²) >= 11 is 3.71. The van der Waals surface area contributed by atoms with Gasteiger partial charge in [0.25, 0.3) is 0 Å². The summed E-state index contributed by atoms with van der Waals surface area (Å²) in [6.45, 7) is 6.78. The number of rotatable bonds is 2. The predicted molar refractivity (Wildman–Crippen MR) is 128 cm³/mol. The van der Waals surface area contributed by atoms with Crippen molar-refractivity contribution in [2.75, 3.05) is 0 Å². The zero-order valence-corrected chi connectivity index (χ0v) is 19.1. The van der Waals surface area contributed by atoms with Crippen LogP contribution in [-0.2, 0) is 10.8 Å². The zero-order chi connectivity index (χ0) is 20.9. The smallest absolute Gasteiger partial charge is 0.0886 e. The average Bonchev–Trinajstić information content (AvgIpc) is 3.05. The van der Waals surface area contributed by atoms with E-state index in [-0.39, 0.29) is 5.41 Å². The predicted octanol–water partition coefficient (Wildman–Crippen LogP) is 7.50. The highest BCUT2D eigenvalue weighted by molar-refractivity contribution is 9.10. The van der Waals surface area contributed by atoms with E-state index in [4.69, 9.17) is 4.98 Å². The molecule has 0 amide bonds. The number of benzene rings is 3. The van der Waals surface area contributed by atoms with Gasteiger partial charge in [-0.05, 0) is 63.1 Å². The quantitative estimate of drug-likeness (QED) is 0.269. The van der Waals surface area contributed by atoms with E-state index < -0.39 is 5.41 Å². The maximum atomic E-state index is 5.00. The molecule has 1 aromatic heterocycles. The minimum absolute atomic E-state index is 0.0494. The molecule has 4 aromatic rings. The molecule has 148 valence electrons. The number of hydrogen-bond donors (Lipinski definition) is 0. The number of fused-ring (bicyclic) bond motifs is 3. The van der Waals surface area contributed by atoms with E-state index in [0.717, 1.165) is 10.2 Å². The molecule has 0 radical (unpaired) electrons. The number of hydrogen-bond acceptors (Lipinski definition) is 1. The molecule has 1 heterocycles. The van der Waals surface area contributed by atoms with Crippen LogP contribution in [0.3, 0.4) is 0 Å². The van der Waals surface area contributed by atoms with Crippen LogP contribution in [0.25, 0.3) is 11.1 Å². The maximum Gasteiger partial charge on any atom is 0.0886 e. The van der Waals surface area contributed by atoms with E-state index in [1.54, 1.807) is 0 Å². The van der Waals surface area contributed by atoms with Crippen molar-refractivity contribution in [2.24, 2.45) is 0 Å². The van der Waals surface area contributed by atoms with Crippen molar-refractivity contribution in [2.45, 2.75) is 31.6 Å². The van der Waals surface area contributed by atoms with Crippen molar-refractivity contribution in [3.05, 3.63) is 124 Å². The first-order valence-electron chi connectivity index (χ1n) is 10.3. The summed E-state index contributed by atoms with van der Waals surface area (Å²) in [6, 6.07) is 30.7. The average molecular weight is 454 g/mol. The third-order valence-corrected chi connectivity index (χ3v) is 6.71. The van der Waals surface area contributed by atoms with E-state index >= 15 is 0 Å². The van der Waals surface area contributed by atoms with Crippen molar-refractivity contribution in [3.8, 4) is 11.1 Å². The molecule has 0 spiro atoms. The van der Waals surface area contributed by atoms with Gasteiger partial charge >= 0.3 is 0 Å². The second kappa shape index (κ2) is 6.92. The molecule has 1 aliphatic rings. The number of halogens is 1. The molecule has 0 bridgehead atoms. The Hall–Kier alpha value is -2.71. The lowest BCUT2D eigenvalue weighted by atomic mass is 9.69. The monoisotopic (exact) mass is 453 g/mol. The van der Waals surface area contributed by atoms with E-state index in [1.807, 2.05) is 6.20 Å². The van der Waals surface area contributed by atoms with Crippen LogP contribution in [-0.4, -0.2) is 4.98 Å². The third-order valence-electron chi connectivity index (χ3n) is 6.22. The van der Waals surface area contributed by atoms with Crippen LogP contribution in [0.5, 0.6) is 0 Å². The Kier molecular flexibility index (Phi) is 4.44. The summed E-state index contributed by atoms with van der Waals surface area (Å²) in [6.07, 6.45) is 1.97. The molecule has 0 saturated carbocycles. The second-order valence-electron chi connectivity index (χ2n) is 9.03. The minimum atomic E-state index is -0.446. The Morgan fingerprint density at radius 1 is 0.733 bits per heavy atom. The van der Waals surface area contributed by atoms with Gasteiger partial charge in [-0.25, -0.2) is 0 Å². The largest absolute Gasteiger partial charge is 0.260 e. The Morgan fingerprint density at radius 2 is 1.37 bits per heavy atom. The van der Waals surface area contributed by atoms with Gasteiger partial charge in [0.15, 0.2) is 0 Å². The second-order valence-corrected chi connectivity index (χ2v) is 9.95. The van der Waals surface area contributed by atoms with Crippen molar-refractivity contribution in [3.63, 3.8) is 0 Å². The lowest BCUT2D eigenvalue weighted by Crippen LogP contribution is -2.30. The van der Waals surface area contributed by atoms with Crippen LogP contribution in [0.1, 0.15) is 48.7 Å². The van der Waals surface area contributed by atoms with Crippen LogP contribution < -0.4 is 0 Å². The number of nitrogens with zero attached hydrogens (tertiary/aromatic N) is 1. The highest BCUT2D eigenvalue weighted by Crippen LogP contribution is 2.55. The van der Waals surface area contributed by atoms with Crippen LogP contribution in [0.2, 0.25) is 0 Å². The molecule has 1 nitrogen and oxygen atoms in total. The molecule has 30 heavy (non-hydrogen) atoms. The van der Waals surface area contributed by atoms with Gasteiger partial charge in [-0.3, -0.25) is 4.98 Å². The Labute approximate surface area is 187 Å². The lowest BCUT2D eigenvalue weighted by Gasteiger charge is -2.34. The fraction of sp³-hybridized carbons (Fsp3) is 0.179. The first-order valence-corrected chi connectivity index (χ1v) is 11.1. The molecule has 0 unspecified atom stereocenters. The van der Waals surface area contributed by atoms with Crippen LogP contribution >= 0.6 is 15.9 Å². The van der Waals surface area contributed by atoms with Crippen molar-refractivity contribution < 1.29 is 0 Å². The molecule has 0 atom stereocenters. The van der Waals surface area contributed by atoms with Crippen LogP contribution in [0.15, 0.2) is 95.6 Å². The number of aromatic nitrogens is 1. The third kappa shape index (κ3) is 2.78. The lowest BCUT2D eigenvalue weighted by molar-refractivity contribution is 0.584. The van der Waals surface area contributed by atoms with Gasteiger partial charge in [0.2, 0.25) is 0 Å². The number of pyridine rings is 1. The Balaban J connectivity index is 1.94. The fourth-order valence-electron chi connectivity index (χ4n) is 4.79. The summed E-state index contributed by atoms with van der Waals surface area (Å²) in [5.41, 5.74) is 8.37. The first kappa shape index (κ1) is 19.3. The van der Waals surface area contributed by atoms with Crippen molar-refractivity contribution in [1.29, 1.82) is 0 Å². The standard InChI is InChI=1S/C28H24BrN/c1-27(2,3)19-15-16-30-26(18-19)28(20-9-8-10-21(29)17-20)24-13-6-4-11-22(24)23-12-5-7-14-25(23)28/h4-18H,1-3H3. The highest BCUT2D eigenvalue weighted by atomic mass is 79.9. The molecule has 0 fully saturated rings. The Morgan fingerprint density at radius 3 is 1.97 bits per heavy atom. The zero-order valence-electron chi connectivity index (χ0n) is 17.5. The molecule has 0 aliphatic heterocycles. The normalized spacial score (nSPS) is 14.3. The molecular weight excluding hydrogens is 430 g/mol. The molecule has 2 heteroatoms. The van der Waals surface area contributed by atoms with Gasteiger partial charge in [-0.1, -0.05) is 97.4 Å². The molecule has 0 N–H and O–H groups in total. The van der Waals surface area contributed by atoms with E-state index in [2.05, 4.69) is 122 Å². The van der Waals surface area contributed by atoms with Crippen LogP contribution in [0, 0.1) is 0 Å². The van der Waals surface area contributed by atoms with E-state index in [1.165, 1.54) is 33.4 Å². The molecular formula is C28H24BrN. The van der Waals surface area contributed by atoms with E-state index in [0.29, 0.717) is 0 Å². The summed E-state index contributed by atoms with van der Waals surface area (Å²) < 4.78 is 1.08. The molecule has 1 aliphatic carbocycles. The van der Waals surface area contributed by atoms with Gasteiger partial charge in [0.05, 0.1) is 11.1 Å². The van der Waals surface area contributed by atoms with Gasteiger partial charge in [0, 0.05) is 10.7 Å². The Bertz CT molecular complexity index is 1200. The molecule has 0 saturated heterocycles. The highest BCUT2D eigenvalue weighted by Gasteiger charge is 2.47. The fourth-order valence-corrected chi connectivity index (χ4v) is 5.19. The summed E-state index contributed by atoms with van der Waals surface area (Å²) in [5.74, 6) is 0. The maximum absolute atomic E-state index is 5.00.